The predicted molar refractivity (Wildman–Crippen MR) is 67.9 cm³/mol. The first kappa shape index (κ1) is 10.7. The van der Waals surface area contributed by atoms with Gasteiger partial charge >= 0.3 is 5.63 Å². The molecule has 3 aromatic rings. The molecular weight excluding hydrogens is 231 g/mol. The Hall–Kier alpha value is -2.42. The zero-order chi connectivity index (χ0) is 12.5. The fraction of sp³-hybridized carbons (Fsp3) is 0. The molecule has 18 heavy (non-hydrogen) atoms. The van der Waals surface area contributed by atoms with Gasteiger partial charge in [0, 0.05) is 10.9 Å². The Bertz CT molecular complexity index is 775. The maximum Gasteiger partial charge on any atom is 0.344 e. The smallest absolute Gasteiger partial charge is 0.344 e. The molecule has 0 aliphatic heterocycles. The molecule has 3 rings (SSSR count). The minimum atomic E-state index is -0.529. The first-order valence-electron chi connectivity index (χ1n) is 5.53. The van der Waals surface area contributed by atoms with Crippen molar-refractivity contribution in [1.82, 2.24) is 0 Å². The van der Waals surface area contributed by atoms with E-state index in [1.807, 2.05) is 12.1 Å². The van der Waals surface area contributed by atoms with Crippen LogP contribution >= 0.6 is 0 Å². The molecule has 0 spiro atoms. The Morgan fingerprint density at radius 3 is 2.44 bits per heavy atom. The van der Waals surface area contributed by atoms with Crippen LogP contribution in [0.25, 0.3) is 22.1 Å². The lowest BCUT2D eigenvalue weighted by molar-refractivity contribution is 0.561. The second-order valence-electron chi connectivity index (χ2n) is 3.97. The van der Waals surface area contributed by atoms with E-state index in [2.05, 4.69) is 0 Å². The highest BCUT2D eigenvalue weighted by Crippen LogP contribution is 2.22. The summed E-state index contributed by atoms with van der Waals surface area (Å²) in [5.41, 5.74) is 0.477. The van der Waals surface area contributed by atoms with E-state index < -0.39 is 11.4 Å². The summed E-state index contributed by atoms with van der Waals surface area (Å²) in [6.07, 6.45) is 0. The number of benzene rings is 2. The molecule has 0 bridgehead atoms. The van der Waals surface area contributed by atoms with Crippen LogP contribution in [0, 0.1) is 5.82 Å². The lowest BCUT2D eigenvalue weighted by atomic mass is 10.1. The van der Waals surface area contributed by atoms with Crippen LogP contribution in [-0.2, 0) is 0 Å². The Kier molecular flexibility index (Phi) is 2.45. The molecule has 88 valence electrons. The van der Waals surface area contributed by atoms with Crippen LogP contribution in [-0.4, -0.2) is 0 Å². The Morgan fingerprint density at radius 1 is 0.889 bits per heavy atom. The van der Waals surface area contributed by atoms with Crippen molar-refractivity contribution in [3.05, 3.63) is 70.8 Å². The average molecular weight is 240 g/mol. The molecular formula is C15H9FO2. The fourth-order valence-electron chi connectivity index (χ4n) is 1.93. The molecule has 0 unspecified atom stereocenters. The van der Waals surface area contributed by atoms with Gasteiger partial charge < -0.3 is 4.42 Å². The molecule has 0 saturated carbocycles. The van der Waals surface area contributed by atoms with Gasteiger partial charge in [0.15, 0.2) is 0 Å². The fourth-order valence-corrected chi connectivity index (χ4v) is 1.93. The lowest BCUT2D eigenvalue weighted by Gasteiger charge is -2.03. The van der Waals surface area contributed by atoms with Crippen molar-refractivity contribution in [2.75, 3.05) is 0 Å². The van der Waals surface area contributed by atoms with Gasteiger partial charge in [0.2, 0.25) is 0 Å². The number of para-hydroxylation sites is 1. The average Bonchev–Trinajstić information content (AvgIpc) is 2.39. The van der Waals surface area contributed by atoms with Gasteiger partial charge in [0.1, 0.15) is 11.4 Å². The zero-order valence-corrected chi connectivity index (χ0v) is 9.39. The zero-order valence-electron chi connectivity index (χ0n) is 9.39. The van der Waals surface area contributed by atoms with Crippen LogP contribution in [0.2, 0.25) is 0 Å². The van der Waals surface area contributed by atoms with Crippen LogP contribution in [0.15, 0.2) is 63.8 Å². The SMILES string of the molecule is O=c1oc2ccccc2cc1-c1ccccc1F. The summed E-state index contributed by atoms with van der Waals surface area (Å²) in [6, 6.07) is 15.0. The molecule has 1 heterocycles. The number of fused-ring (bicyclic) bond motifs is 1. The third kappa shape index (κ3) is 1.70. The largest absolute Gasteiger partial charge is 0.422 e. The Balaban J connectivity index is 2.33. The van der Waals surface area contributed by atoms with E-state index in [4.69, 9.17) is 4.42 Å². The maximum absolute atomic E-state index is 13.7. The highest BCUT2D eigenvalue weighted by atomic mass is 19.1. The molecule has 0 saturated heterocycles. The molecule has 0 fully saturated rings. The molecule has 0 N–H and O–H groups in total. The first-order valence-corrected chi connectivity index (χ1v) is 5.53. The number of rotatable bonds is 1. The van der Waals surface area contributed by atoms with Gasteiger partial charge in [-0.2, -0.15) is 0 Å². The summed E-state index contributed by atoms with van der Waals surface area (Å²) in [6.45, 7) is 0. The molecule has 2 nitrogen and oxygen atoms in total. The molecule has 0 atom stereocenters. The van der Waals surface area contributed by atoms with E-state index in [9.17, 15) is 9.18 Å². The highest BCUT2D eigenvalue weighted by molar-refractivity contribution is 5.81. The minimum absolute atomic E-state index is 0.242. The van der Waals surface area contributed by atoms with Gasteiger partial charge in [-0.15, -0.1) is 0 Å². The highest BCUT2D eigenvalue weighted by Gasteiger charge is 2.10. The summed E-state index contributed by atoms with van der Waals surface area (Å²) in [7, 11) is 0. The van der Waals surface area contributed by atoms with Gasteiger partial charge in [-0.3, -0.25) is 0 Å². The van der Waals surface area contributed by atoms with E-state index in [0.717, 1.165) is 5.39 Å². The van der Waals surface area contributed by atoms with Crippen molar-refractivity contribution in [3.8, 4) is 11.1 Å². The molecule has 1 aromatic heterocycles. The number of halogens is 1. The third-order valence-electron chi connectivity index (χ3n) is 2.81. The second-order valence-corrected chi connectivity index (χ2v) is 3.97. The summed E-state index contributed by atoms with van der Waals surface area (Å²) in [5, 5.41) is 0.773. The predicted octanol–water partition coefficient (Wildman–Crippen LogP) is 3.60. The van der Waals surface area contributed by atoms with E-state index >= 15 is 0 Å². The summed E-state index contributed by atoms with van der Waals surface area (Å²) in [5.74, 6) is -0.430. The van der Waals surface area contributed by atoms with Gasteiger partial charge in [0.25, 0.3) is 0 Å². The van der Waals surface area contributed by atoms with E-state index in [1.54, 1.807) is 36.4 Å². The monoisotopic (exact) mass is 240 g/mol. The quantitative estimate of drug-likeness (QED) is 0.608. The lowest BCUT2D eigenvalue weighted by Crippen LogP contribution is -2.03. The van der Waals surface area contributed by atoms with Crippen molar-refractivity contribution in [3.63, 3.8) is 0 Å². The van der Waals surface area contributed by atoms with Crippen LogP contribution in [0.1, 0.15) is 0 Å². The normalized spacial score (nSPS) is 10.7. The number of hydrogen-bond donors (Lipinski definition) is 0. The van der Waals surface area contributed by atoms with Crippen LogP contribution in [0.3, 0.4) is 0 Å². The molecule has 0 radical (unpaired) electrons. The molecule has 2 aromatic carbocycles. The topological polar surface area (TPSA) is 30.2 Å². The summed E-state index contributed by atoms with van der Waals surface area (Å²) < 4.78 is 18.9. The van der Waals surface area contributed by atoms with Crippen molar-refractivity contribution in [1.29, 1.82) is 0 Å². The molecule has 0 amide bonds. The standard InChI is InChI=1S/C15H9FO2/c16-13-7-3-2-6-11(13)12-9-10-5-1-4-8-14(10)18-15(12)17/h1-9H. The van der Waals surface area contributed by atoms with Crippen LogP contribution in [0.4, 0.5) is 4.39 Å². The summed E-state index contributed by atoms with van der Waals surface area (Å²) in [4.78, 5) is 11.9. The maximum atomic E-state index is 13.7. The second kappa shape index (κ2) is 4.11. The Labute approximate surface area is 102 Å². The van der Waals surface area contributed by atoms with Crippen molar-refractivity contribution >= 4 is 11.0 Å². The molecule has 3 heteroatoms. The minimum Gasteiger partial charge on any atom is -0.422 e. The Morgan fingerprint density at radius 2 is 1.61 bits per heavy atom. The van der Waals surface area contributed by atoms with E-state index in [-0.39, 0.29) is 11.1 Å². The van der Waals surface area contributed by atoms with Gasteiger partial charge in [-0.05, 0) is 18.2 Å². The number of hydrogen-bond acceptors (Lipinski definition) is 2. The van der Waals surface area contributed by atoms with E-state index in [1.165, 1.54) is 6.07 Å². The molecule has 0 aliphatic carbocycles. The van der Waals surface area contributed by atoms with Crippen molar-refractivity contribution in [2.24, 2.45) is 0 Å². The summed E-state index contributed by atoms with van der Waals surface area (Å²) >= 11 is 0. The van der Waals surface area contributed by atoms with Crippen LogP contribution < -0.4 is 5.63 Å². The van der Waals surface area contributed by atoms with Gasteiger partial charge in [-0.25, -0.2) is 9.18 Å². The van der Waals surface area contributed by atoms with Crippen molar-refractivity contribution < 1.29 is 8.81 Å². The molecule has 0 aliphatic rings. The van der Waals surface area contributed by atoms with Crippen molar-refractivity contribution in [2.45, 2.75) is 0 Å². The van der Waals surface area contributed by atoms with Gasteiger partial charge in [0.05, 0.1) is 5.56 Å². The van der Waals surface area contributed by atoms with Gasteiger partial charge in [-0.1, -0.05) is 36.4 Å². The third-order valence-corrected chi connectivity index (χ3v) is 2.81. The first-order chi connectivity index (χ1) is 8.75. The van der Waals surface area contributed by atoms with E-state index in [0.29, 0.717) is 5.58 Å². The van der Waals surface area contributed by atoms with Crippen LogP contribution in [0.5, 0.6) is 0 Å².